The number of nitrogens with zero attached hydrogens (tertiary/aromatic N) is 4. The van der Waals surface area contributed by atoms with Crippen molar-refractivity contribution < 1.29 is 4.79 Å². The molecule has 0 aliphatic carbocycles. The molecule has 3 aromatic heterocycles. The van der Waals surface area contributed by atoms with E-state index in [0.29, 0.717) is 5.65 Å². The van der Waals surface area contributed by atoms with Crippen molar-refractivity contribution in [2.75, 3.05) is 17.2 Å². The topological polar surface area (TPSA) is 118 Å². The van der Waals surface area contributed by atoms with E-state index in [1.807, 2.05) is 56.3 Å². The molecule has 3 heterocycles. The summed E-state index contributed by atoms with van der Waals surface area (Å²) in [6, 6.07) is 14.7. The molecule has 164 valence electrons. The highest BCUT2D eigenvalue weighted by atomic mass is 16.2. The zero-order chi connectivity index (χ0) is 22.8. The van der Waals surface area contributed by atoms with Gasteiger partial charge in [-0.3, -0.25) is 24.0 Å². The molecule has 0 aliphatic rings. The fraction of sp³-hybridized carbons (Fsp3) is 0.217. The molecular formula is C23H24N6O3. The number of hydrogen-bond donors (Lipinski definition) is 2. The smallest absolute Gasteiger partial charge is 0.330 e. The van der Waals surface area contributed by atoms with Gasteiger partial charge in [0.05, 0.1) is 6.54 Å². The van der Waals surface area contributed by atoms with Crippen LogP contribution in [0.5, 0.6) is 0 Å². The van der Waals surface area contributed by atoms with E-state index in [9.17, 15) is 14.4 Å². The SMILES string of the molecule is CC(C)CN(C(=O)c1cn2ccccc2n1)c1c(N)n(Cc2ccccc2)c(=O)[nH]c1=O. The van der Waals surface area contributed by atoms with E-state index in [0.717, 1.165) is 5.56 Å². The van der Waals surface area contributed by atoms with Crippen molar-refractivity contribution in [2.45, 2.75) is 20.4 Å². The zero-order valence-electron chi connectivity index (χ0n) is 17.9. The average molecular weight is 432 g/mol. The summed E-state index contributed by atoms with van der Waals surface area (Å²) in [6.45, 7) is 4.24. The van der Waals surface area contributed by atoms with Crippen LogP contribution in [0.3, 0.4) is 0 Å². The Morgan fingerprint density at radius 3 is 2.53 bits per heavy atom. The average Bonchev–Trinajstić information content (AvgIpc) is 3.20. The van der Waals surface area contributed by atoms with Crippen molar-refractivity contribution >= 4 is 23.1 Å². The Morgan fingerprint density at radius 1 is 1.12 bits per heavy atom. The monoisotopic (exact) mass is 432 g/mol. The molecule has 0 radical (unpaired) electrons. The Morgan fingerprint density at radius 2 is 1.84 bits per heavy atom. The molecule has 0 atom stereocenters. The van der Waals surface area contributed by atoms with E-state index in [-0.39, 0.29) is 36.2 Å². The Bertz CT molecular complexity index is 1350. The van der Waals surface area contributed by atoms with Gasteiger partial charge in [0, 0.05) is 18.9 Å². The van der Waals surface area contributed by atoms with Gasteiger partial charge in [0.2, 0.25) is 0 Å². The second kappa shape index (κ2) is 8.54. The molecule has 0 fully saturated rings. The second-order valence-electron chi connectivity index (χ2n) is 7.97. The molecule has 0 aliphatic heterocycles. The first-order valence-corrected chi connectivity index (χ1v) is 10.3. The number of nitrogens with one attached hydrogen (secondary N) is 1. The number of anilines is 2. The van der Waals surface area contributed by atoms with Crippen molar-refractivity contribution in [1.29, 1.82) is 0 Å². The van der Waals surface area contributed by atoms with Crippen LogP contribution in [-0.4, -0.2) is 31.4 Å². The third-order valence-electron chi connectivity index (χ3n) is 5.04. The van der Waals surface area contributed by atoms with Gasteiger partial charge >= 0.3 is 5.69 Å². The maximum absolute atomic E-state index is 13.5. The third kappa shape index (κ3) is 4.04. The van der Waals surface area contributed by atoms with Crippen LogP contribution < -0.4 is 21.9 Å². The minimum atomic E-state index is -0.713. The number of aromatic nitrogens is 4. The van der Waals surface area contributed by atoms with E-state index < -0.39 is 17.2 Å². The number of fused-ring (bicyclic) bond motifs is 1. The van der Waals surface area contributed by atoms with Crippen LogP contribution in [0, 0.1) is 5.92 Å². The first-order chi connectivity index (χ1) is 15.3. The highest BCUT2D eigenvalue weighted by Gasteiger charge is 2.27. The number of rotatable bonds is 6. The number of hydrogen-bond acceptors (Lipinski definition) is 5. The van der Waals surface area contributed by atoms with Crippen LogP contribution in [0.4, 0.5) is 11.5 Å². The first kappa shape index (κ1) is 21.1. The van der Waals surface area contributed by atoms with Gasteiger partial charge in [0.25, 0.3) is 11.5 Å². The number of carbonyl (C=O) groups is 1. The lowest BCUT2D eigenvalue weighted by molar-refractivity contribution is 0.0979. The molecule has 4 aromatic rings. The molecule has 1 amide bonds. The van der Waals surface area contributed by atoms with Gasteiger partial charge in [-0.05, 0) is 23.6 Å². The Balaban J connectivity index is 1.82. The lowest BCUT2D eigenvalue weighted by Crippen LogP contribution is -2.43. The van der Waals surface area contributed by atoms with Gasteiger partial charge in [-0.1, -0.05) is 50.2 Å². The lowest BCUT2D eigenvalue weighted by atomic mass is 10.2. The summed E-state index contributed by atoms with van der Waals surface area (Å²) in [5.74, 6) is -0.505. The number of nitrogen functional groups attached to an aromatic ring is 1. The number of imidazole rings is 1. The highest BCUT2D eigenvalue weighted by molar-refractivity contribution is 6.06. The van der Waals surface area contributed by atoms with Gasteiger partial charge in [-0.2, -0.15) is 0 Å². The van der Waals surface area contributed by atoms with Crippen LogP contribution in [0.15, 0.2) is 70.5 Å². The molecule has 9 heteroatoms. The summed E-state index contributed by atoms with van der Waals surface area (Å²) in [6.07, 6.45) is 3.39. The molecule has 1 aromatic carbocycles. The van der Waals surface area contributed by atoms with Crippen molar-refractivity contribution in [3.63, 3.8) is 0 Å². The summed E-state index contributed by atoms with van der Waals surface area (Å²) in [5.41, 5.74) is 6.54. The third-order valence-corrected chi connectivity index (χ3v) is 5.04. The number of benzene rings is 1. The molecule has 0 saturated heterocycles. The zero-order valence-corrected chi connectivity index (χ0v) is 17.9. The summed E-state index contributed by atoms with van der Waals surface area (Å²) in [5, 5.41) is 0. The van der Waals surface area contributed by atoms with Gasteiger partial charge in [-0.15, -0.1) is 0 Å². The van der Waals surface area contributed by atoms with Crippen LogP contribution in [0.1, 0.15) is 29.9 Å². The van der Waals surface area contributed by atoms with E-state index in [4.69, 9.17) is 5.73 Å². The molecule has 9 nitrogen and oxygen atoms in total. The van der Waals surface area contributed by atoms with Crippen LogP contribution in [0.2, 0.25) is 0 Å². The van der Waals surface area contributed by atoms with E-state index >= 15 is 0 Å². The molecule has 0 saturated carbocycles. The number of nitrogens with two attached hydrogens (primary N) is 1. The van der Waals surface area contributed by atoms with Gasteiger partial charge in [0.1, 0.15) is 17.2 Å². The Hall–Kier alpha value is -4.14. The Kier molecular flexibility index (Phi) is 5.63. The predicted octanol–water partition coefficient (Wildman–Crippen LogP) is 2.12. The number of pyridine rings is 1. The lowest BCUT2D eigenvalue weighted by Gasteiger charge is -2.25. The van der Waals surface area contributed by atoms with E-state index in [1.54, 1.807) is 22.9 Å². The molecule has 3 N–H and O–H groups in total. The van der Waals surface area contributed by atoms with Crippen molar-refractivity contribution in [3.8, 4) is 0 Å². The minimum absolute atomic E-state index is 0.0317. The van der Waals surface area contributed by atoms with Crippen molar-refractivity contribution in [1.82, 2.24) is 18.9 Å². The highest BCUT2D eigenvalue weighted by Crippen LogP contribution is 2.21. The molecule has 4 rings (SSSR count). The molecule has 0 bridgehead atoms. The van der Waals surface area contributed by atoms with Gasteiger partial charge in [0.15, 0.2) is 5.69 Å². The van der Waals surface area contributed by atoms with Crippen LogP contribution in [0.25, 0.3) is 5.65 Å². The minimum Gasteiger partial charge on any atom is -0.383 e. The normalized spacial score (nSPS) is 11.2. The van der Waals surface area contributed by atoms with Gasteiger partial charge < -0.3 is 10.1 Å². The molecule has 0 spiro atoms. The van der Waals surface area contributed by atoms with Gasteiger partial charge in [-0.25, -0.2) is 9.78 Å². The quantitative estimate of drug-likeness (QED) is 0.484. The summed E-state index contributed by atoms with van der Waals surface area (Å²) >= 11 is 0. The predicted molar refractivity (Wildman–Crippen MR) is 123 cm³/mol. The second-order valence-corrected chi connectivity index (χ2v) is 7.97. The molecular weight excluding hydrogens is 408 g/mol. The standard InChI is InChI=1S/C23H24N6O3/c1-15(2)12-28(22(31)17-14-27-11-7-6-10-18(27)25-17)19-20(24)29(23(32)26-21(19)30)13-16-8-4-3-5-9-16/h3-11,14-15H,12-13,24H2,1-2H3,(H,26,30,32). The largest absolute Gasteiger partial charge is 0.383 e. The summed E-state index contributed by atoms with van der Waals surface area (Å²) in [4.78, 5) is 46.8. The fourth-order valence-electron chi connectivity index (χ4n) is 3.58. The van der Waals surface area contributed by atoms with Crippen LogP contribution >= 0.6 is 0 Å². The number of H-pyrrole nitrogens is 1. The van der Waals surface area contributed by atoms with E-state index in [2.05, 4.69) is 9.97 Å². The number of aromatic amines is 1. The van der Waals surface area contributed by atoms with E-state index in [1.165, 1.54) is 9.47 Å². The first-order valence-electron chi connectivity index (χ1n) is 10.3. The number of amides is 1. The number of carbonyl (C=O) groups excluding carboxylic acids is 1. The van der Waals surface area contributed by atoms with Crippen LogP contribution in [-0.2, 0) is 6.54 Å². The van der Waals surface area contributed by atoms with Crippen molar-refractivity contribution in [3.05, 3.63) is 93.0 Å². The summed E-state index contributed by atoms with van der Waals surface area (Å²) in [7, 11) is 0. The molecule has 32 heavy (non-hydrogen) atoms. The van der Waals surface area contributed by atoms with Crippen molar-refractivity contribution in [2.24, 2.45) is 5.92 Å². The Labute approximate surface area is 183 Å². The maximum Gasteiger partial charge on any atom is 0.330 e. The maximum atomic E-state index is 13.5. The summed E-state index contributed by atoms with van der Waals surface area (Å²) < 4.78 is 2.99. The molecule has 0 unspecified atom stereocenters. The fourth-order valence-corrected chi connectivity index (χ4v) is 3.58.